The first kappa shape index (κ1) is 13.4. The second kappa shape index (κ2) is 4.74. The number of aromatic nitrogens is 2. The molecule has 0 bridgehead atoms. The zero-order valence-electron chi connectivity index (χ0n) is 12.8. The van der Waals surface area contributed by atoms with Gasteiger partial charge in [0, 0.05) is 29.8 Å². The number of imidazole rings is 1. The summed E-state index contributed by atoms with van der Waals surface area (Å²) in [7, 11) is 0. The van der Waals surface area contributed by atoms with Gasteiger partial charge in [0.05, 0.1) is 5.69 Å². The zero-order valence-corrected chi connectivity index (χ0v) is 12.8. The van der Waals surface area contributed by atoms with Crippen molar-refractivity contribution in [3.63, 3.8) is 0 Å². The minimum atomic E-state index is 0.238. The summed E-state index contributed by atoms with van der Waals surface area (Å²) >= 11 is 0. The Hall–Kier alpha value is -1.61. The number of benzene rings is 1. The molecule has 3 nitrogen and oxygen atoms in total. The third-order valence-corrected chi connectivity index (χ3v) is 4.59. The Morgan fingerprint density at radius 2 is 2.00 bits per heavy atom. The molecule has 0 saturated carbocycles. The molecule has 1 aromatic heterocycles. The van der Waals surface area contributed by atoms with E-state index < -0.39 is 0 Å². The van der Waals surface area contributed by atoms with Gasteiger partial charge >= 0.3 is 0 Å². The molecular formula is C17H23N3. The van der Waals surface area contributed by atoms with Gasteiger partial charge in [0.1, 0.15) is 5.82 Å². The van der Waals surface area contributed by atoms with E-state index in [0.717, 1.165) is 18.5 Å². The maximum Gasteiger partial charge on any atom is 0.109 e. The van der Waals surface area contributed by atoms with E-state index in [1.807, 2.05) is 0 Å². The molecule has 0 spiro atoms. The lowest BCUT2D eigenvalue weighted by Gasteiger charge is -2.29. The van der Waals surface area contributed by atoms with Gasteiger partial charge < -0.3 is 10.3 Å². The molecule has 3 heteroatoms. The first-order chi connectivity index (χ1) is 9.49. The maximum absolute atomic E-state index is 6.21. The van der Waals surface area contributed by atoms with E-state index in [1.165, 1.54) is 28.2 Å². The largest absolute Gasteiger partial charge is 0.327 e. The van der Waals surface area contributed by atoms with Crippen LogP contribution in [0.1, 0.15) is 42.0 Å². The minimum absolute atomic E-state index is 0.238. The van der Waals surface area contributed by atoms with E-state index in [-0.39, 0.29) is 6.04 Å². The van der Waals surface area contributed by atoms with Crippen LogP contribution in [0.4, 0.5) is 0 Å². The predicted octanol–water partition coefficient (Wildman–Crippen LogP) is 3.31. The first-order valence-corrected chi connectivity index (χ1v) is 7.40. The Balaban J connectivity index is 2.15. The van der Waals surface area contributed by atoms with Gasteiger partial charge in [-0.15, -0.1) is 0 Å². The minimum Gasteiger partial charge on any atom is -0.327 e. The summed E-state index contributed by atoms with van der Waals surface area (Å²) in [6.45, 7) is 8.66. The van der Waals surface area contributed by atoms with Crippen LogP contribution in [0.5, 0.6) is 0 Å². The number of rotatable bonds is 1. The van der Waals surface area contributed by atoms with Crippen molar-refractivity contribution in [2.75, 3.05) is 0 Å². The van der Waals surface area contributed by atoms with Crippen molar-refractivity contribution in [1.82, 2.24) is 9.55 Å². The molecular weight excluding hydrogens is 246 g/mol. The van der Waals surface area contributed by atoms with Crippen LogP contribution in [0.15, 0.2) is 18.2 Å². The quantitative estimate of drug-likeness (QED) is 0.863. The highest BCUT2D eigenvalue weighted by Crippen LogP contribution is 2.33. The van der Waals surface area contributed by atoms with Gasteiger partial charge in [0.25, 0.3) is 0 Å². The van der Waals surface area contributed by atoms with Gasteiger partial charge in [-0.3, -0.25) is 0 Å². The third kappa shape index (κ3) is 1.97. The fourth-order valence-corrected chi connectivity index (χ4v) is 3.35. The first-order valence-electron chi connectivity index (χ1n) is 7.40. The number of fused-ring (bicyclic) bond motifs is 1. The topological polar surface area (TPSA) is 43.8 Å². The van der Waals surface area contributed by atoms with Crippen molar-refractivity contribution in [2.45, 2.75) is 52.6 Å². The van der Waals surface area contributed by atoms with Crippen LogP contribution in [0.2, 0.25) is 0 Å². The van der Waals surface area contributed by atoms with Gasteiger partial charge in [0.2, 0.25) is 0 Å². The van der Waals surface area contributed by atoms with Crippen molar-refractivity contribution >= 4 is 0 Å². The normalized spacial score (nSPS) is 21.9. The van der Waals surface area contributed by atoms with Crippen LogP contribution < -0.4 is 5.73 Å². The number of hydrogen-bond donors (Lipinski definition) is 1. The van der Waals surface area contributed by atoms with Crippen LogP contribution in [0.3, 0.4) is 0 Å². The standard InChI is InChI=1S/C17H23N3/c1-10-5-6-14(11(2)9-10)17-13(4)20-12(3)15(18)7-8-16(20)19-17/h5-6,9,12,15H,7-8,18H2,1-4H3. The number of hydrogen-bond acceptors (Lipinski definition) is 2. The van der Waals surface area contributed by atoms with Crippen LogP contribution in [-0.2, 0) is 6.42 Å². The molecule has 106 valence electrons. The molecule has 2 N–H and O–H groups in total. The Bertz CT molecular complexity index is 654. The smallest absolute Gasteiger partial charge is 0.109 e. The second-order valence-electron chi connectivity index (χ2n) is 6.09. The Morgan fingerprint density at radius 3 is 2.70 bits per heavy atom. The summed E-state index contributed by atoms with van der Waals surface area (Å²) in [5, 5.41) is 0. The lowest BCUT2D eigenvalue weighted by molar-refractivity contribution is 0.363. The van der Waals surface area contributed by atoms with Crippen LogP contribution in [0, 0.1) is 20.8 Å². The van der Waals surface area contributed by atoms with Crippen LogP contribution >= 0.6 is 0 Å². The van der Waals surface area contributed by atoms with Gasteiger partial charge in [-0.05, 0) is 39.7 Å². The van der Waals surface area contributed by atoms with E-state index in [2.05, 4.69) is 50.5 Å². The molecule has 0 radical (unpaired) electrons. The summed E-state index contributed by atoms with van der Waals surface area (Å²) in [6, 6.07) is 7.15. The number of nitrogens with zero attached hydrogens (tertiary/aromatic N) is 2. The Morgan fingerprint density at radius 1 is 1.25 bits per heavy atom. The van der Waals surface area contributed by atoms with E-state index in [9.17, 15) is 0 Å². The average Bonchev–Trinajstić information content (AvgIpc) is 2.72. The fourth-order valence-electron chi connectivity index (χ4n) is 3.35. The van der Waals surface area contributed by atoms with Gasteiger partial charge in [-0.2, -0.15) is 0 Å². The maximum atomic E-state index is 6.21. The van der Waals surface area contributed by atoms with Crippen LogP contribution in [0.25, 0.3) is 11.3 Å². The molecule has 0 amide bonds. The van der Waals surface area contributed by atoms with E-state index in [4.69, 9.17) is 10.7 Å². The number of nitrogens with two attached hydrogens (primary N) is 1. The zero-order chi connectivity index (χ0) is 14.4. The van der Waals surface area contributed by atoms with Gasteiger partial charge in [-0.25, -0.2) is 4.98 Å². The molecule has 1 aromatic carbocycles. The molecule has 2 unspecified atom stereocenters. The van der Waals surface area contributed by atoms with Crippen molar-refractivity contribution in [3.8, 4) is 11.3 Å². The summed E-state index contributed by atoms with van der Waals surface area (Å²) in [5.41, 5.74) is 12.4. The van der Waals surface area contributed by atoms with Crippen molar-refractivity contribution in [3.05, 3.63) is 40.8 Å². The molecule has 2 heterocycles. The molecule has 0 aliphatic carbocycles. The van der Waals surface area contributed by atoms with Crippen molar-refractivity contribution < 1.29 is 0 Å². The summed E-state index contributed by atoms with van der Waals surface area (Å²) < 4.78 is 2.34. The summed E-state index contributed by atoms with van der Waals surface area (Å²) in [5.74, 6) is 1.19. The number of aryl methyl sites for hydroxylation is 3. The molecule has 2 aromatic rings. The van der Waals surface area contributed by atoms with E-state index in [1.54, 1.807) is 0 Å². The van der Waals surface area contributed by atoms with Crippen molar-refractivity contribution in [2.24, 2.45) is 5.73 Å². The Labute approximate surface area is 120 Å². The van der Waals surface area contributed by atoms with E-state index in [0.29, 0.717) is 6.04 Å². The molecule has 2 atom stereocenters. The SMILES string of the molecule is Cc1ccc(-c2nc3n(c2C)C(C)C(N)CC3)c(C)c1. The molecule has 0 saturated heterocycles. The van der Waals surface area contributed by atoms with Crippen LogP contribution in [-0.4, -0.2) is 15.6 Å². The lowest BCUT2D eigenvalue weighted by Crippen LogP contribution is -2.36. The lowest BCUT2D eigenvalue weighted by atomic mass is 10.00. The molecule has 3 rings (SSSR count). The highest BCUT2D eigenvalue weighted by Gasteiger charge is 2.27. The predicted molar refractivity (Wildman–Crippen MR) is 82.9 cm³/mol. The fraction of sp³-hybridized carbons (Fsp3) is 0.471. The molecule has 0 fully saturated rings. The highest BCUT2D eigenvalue weighted by atomic mass is 15.1. The van der Waals surface area contributed by atoms with Crippen molar-refractivity contribution in [1.29, 1.82) is 0 Å². The third-order valence-electron chi connectivity index (χ3n) is 4.59. The van der Waals surface area contributed by atoms with E-state index >= 15 is 0 Å². The average molecular weight is 269 g/mol. The van der Waals surface area contributed by atoms with Gasteiger partial charge in [-0.1, -0.05) is 23.8 Å². The van der Waals surface area contributed by atoms with Gasteiger partial charge in [0.15, 0.2) is 0 Å². The highest BCUT2D eigenvalue weighted by molar-refractivity contribution is 5.66. The molecule has 1 aliphatic heterocycles. The Kier molecular flexibility index (Phi) is 3.17. The summed E-state index contributed by atoms with van der Waals surface area (Å²) in [4.78, 5) is 4.90. The molecule has 20 heavy (non-hydrogen) atoms. The summed E-state index contributed by atoms with van der Waals surface area (Å²) in [6.07, 6.45) is 2.02. The second-order valence-corrected chi connectivity index (χ2v) is 6.09. The molecule has 1 aliphatic rings. The monoisotopic (exact) mass is 269 g/mol.